The monoisotopic (exact) mass is 544 g/mol. The summed E-state index contributed by atoms with van der Waals surface area (Å²) in [5.74, 6) is -1.33. The van der Waals surface area contributed by atoms with Crippen molar-refractivity contribution in [2.45, 2.75) is 13.8 Å². The lowest BCUT2D eigenvalue weighted by atomic mass is 9.97. The highest BCUT2D eigenvalue weighted by Crippen LogP contribution is 2.38. The Balaban J connectivity index is 1.61. The summed E-state index contributed by atoms with van der Waals surface area (Å²) < 4.78 is 18.8. The first-order chi connectivity index (χ1) is 18.4. The molecule has 0 unspecified atom stereocenters. The molecule has 0 aliphatic heterocycles. The first-order valence-electron chi connectivity index (χ1n) is 11.9. The molecule has 5 rings (SSSR count). The summed E-state index contributed by atoms with van der Waals surface area (Å²) in [7, 11) is 0. The van der Waals surface area contributed by atoms with E-state index in [1.54, 1.807) is 36.6 Å². The predicted molar refractivity (Wildman–Crippen MR) is 151 cm³/mol. The highest BCUT2D eigenvalue weighted by atomic mass is 35.5. The second-order valence-electron chi connectivity index (χ2n) is 8.52. The van der Waals surface area contributed by atoms with Gasteiger partial charge in [-0.25, -0.2) is 14.2 Å². The minimum atomic E-state index is -0.568. The van der Waals surface area contributed by atoms with Gasteiger partial charge in [-0.1, -0.05) is 54.1 Å². The number of ether oxygens (including phenoxy) is 1. The Kier molecular flexibility index (Phi) is 7.22. The topological polar surface area (TPSA) is 68.3 Å². The summed E-state index contributed by atoms with van der Waals surface area (Å²) in [6.07, 6.45) is 0. The van der Waals surface area contributed by atoms with E-state index in [1.165, 1.54) is 23.5 Å². The van der Waals surface area contributed by atoms with Crippen LogP contribution in [0.4, 0.5) is 9.39 Å². The van der Waals surface area contributed by atoms with Crippen molar-refractivity contribution in [3.8, 4) is 22.4 Å². The Morgan fingerprint density at radius 3 is 2.37 bits per heavy atom. The van der Waals surface area contributed by atoms with Crippen molar-refractivity contribution in [1.29, 1.82) is 0 Å². The van der Waals surface area contributed by atoms with Gasteiger partial charge >= 0.3 is 5.97 Å². The Morgan fingerprint density at radius 2 is 1.66 bits per heavy atom. The van der Waals surface area contributed by atoms with E-state index in [9.17, 15) is 14.0 Å². The van der Waals surface area contributed by atoms with Gasteiger partial charge in [-0.05, 0) is 55.3 Å². The summed E-state index contributed by atoms with van der Waals surface area (Å²) in [5, 5.41) is 6.34. The van der Waals surface area contributed by atoms with Crippen LogP contribution in [-0.2, 0) is 4.74 Å². The standard InChI is InChI=1S/C30H22ClFN2O3S/c1-3-37-30(36)26-23(18-10-14-21(32)15-11-18)16-38-29(26)34-28(35)25-17(2)27(19-8-12-20(31)13-9-19)33-24-7-5-4-6-22(24)25/h4-16H,3H2,1-2H3,(H,34,35). The smallest absolute Gasteiger partial charge is 0.341 e. The lowest BCUT2D eigenvalue weighted by Gasteiger charge is -2.15. The van der Waals surface area contributed by atoms with Crippen molar-refractivity contribution >= 4 is 50.7 Å². The molecule has 5 nitrogen and oxygen atoms in total. The van der Waals surface area contributed by atoms with E-state index in [2.05, 4.69) is 5.32 Å². The summed E-state index contributed by atoms with van der Waals surface area (Å²) in [4.78, 5) is 31.7. The molecule has 0 aliphatic rings. The normalized spacial score (nSPS) is 10.9. The van der Waals surface area contributed by atoms with Crippen LogP contribution >= 0.6 is 22.9 Å². The molecule has 190 valence electrons. The Hall–Kier alpha value is -4.07. The number of pyridine rings is 1. The SMILES string of the molecule is CCOC(=O)c1c(-c2ccc(F)cc2)csc1NC(=O)c1c(C)c(-c2ccc(Cl)cc2)nc2ccccc12. The summed E-state index contributed by atoms with van der Waals surface area (Å²) in [6.45, 7) is 3.73. The summed E-state index contributed by atoms with van der Waals surface area (Å²) >= 11 is 7.29. The van der Waals surface area contributed by atoms with Gasteiger partial charge in [0.05, 0.1) is 23.4 Å². The van der Waals surface area contributed by atoms with Crippen LogP contribution in [0.2, 0.25) is 5.02 Å². The van der Waals surface area contributed by atoms with Gasteiger partial charge < -0.3 is 10.1 Å². The van der Waals surface area contributed by atoms with E-state index in [4.69, 9.17) is 21.3 Å². The molecule has 0 bridgehead atoms. The van der Waals surface area contributed by atoms with E-state index in [-0.39, 0.29) is 23.9 Å². The Morgan fingerprint density at radius 1 is 0.974 bits per heavy atom. The number of hydrogen-bond donors (Lipinski definition) is 1. The van der Waals surface area contributed by atoms with Gasteiger partial charge in [-0.3, -0.25) is 4.79 Å². The molecular formula is C30H22ClFN2O3S. The lowest BCUT2D eigenvalue weighted by molar-refractivity contribution is 0.0529. The maximum Gasteiger partial charge on any atom is 0.341 e. The molecule has 38 heavy (non-hydrogen) atoms. The third-order valence-electron chi connectivity index (χ3n) is 6.13. The van der Waals surface area contributed by atoms with Gasteiger partial charge in [0.1, 0.15) is 16.4 Å². The number of aromatic nitrogens is 1. The molecule has 0 saturated heterocycles. The molecule has 8 heteroatoms. The first kappa shape index (κ1) is 25.6. The predicted octanol–water partition coefficient (Wildman–Crippen LogP) is 8.16. The number of carbonyl (C=O) groups excluding carboxylic acids is 2. The Bertz CT molecular complexity index is 1660. The second-order valence-corrected chi connectivity index (χ2v) is 9.84. The van der Waals surface area contributed by atoms with E-state index < -0.39 is 5.97 Å². The molecular weight excluding hydrogens is 523 g/mol. The largest absolute Gasteiger partial charge is 0.462 e. The fourth-order valence-corrected chi connectivity index (χ4v) is 5.43. The van der Waals surface area contributed by atoms with Gasteiger partial charge in [0.2, 0.25) is 0 Å². The number of fused-ring (bicyclic) bond motifs is 1. The number of halogens is 2. The number of anilines is 1. The number of hydrogen-bond acceptors (Lipinski definition) is 5. The number of benzene rings is 3. The molecule has 0 saturated carbocycles. The van der Waals surface area contributed by atoms with Crippen LogP contribution in [-0.4, -0.2) is 23.5 Å². The molecule has 0 atom stereocenters. The van der Waals surface area contributed by atoms with E-state index in [0.717, 1.165) is 5.56 Å². The van der Waals surface area contributed by atoms with Crippen molar-refractivity contribution < 1.29 is 18.7 Å². The number of carbonyl (C=O) groups is 2. The number of nitrogens with zero attached hydrogens (tertiary/aromatic N) is 1. The maximum atomic E-state index is 13.9. The van der Waals surface area contributed by atoms with Crippen LogP contribution in [0.5, 0.6) is 0 Å². The number of esters is 1. The lowest BCUT2D eigenvalue weighted by Crippen LogP contribution is -2.17. The van der Waals surface area contributed by atoms with Crippen molar-refractivity contribution in [3.63, 3.8) is 0 Å². The van der Waals surface area contributed by atoms with Gasteiger partial charge in [-0.15, -0.1) is 11.3 Å². The van der Waals surface area contributed by atoms with Crippen LogP contribution in [0.3, 0.4) is 0 Å². The Labute approximate surface area is 227 Å². The van der Waals surface area contributed by atoms with Crippen LogP contribution < -0.4 is 5.32 Å². The molecule has 1 amide bonds. The molecule has 2 aromatic heterocycles. The molecule has 5 aromatic rings. The minimum absolute atomic E-state index is 0.170. The third-order valence-corrected chi connectivity index (χ3v) is 7.28. The zero-order valence-electron chi connectivity index (χ0n) is 20.5. The molecule has 0 aliphatic carbocycles. The quantitative estimate of drug-likeness (QED) is 0.219. The third kappa shape index (κ3) is 4.90. The van der Waals surface area contributed by atoms with Gasteiger partial charge in [0, 0.05) is 26.9 Å². The molecule has 0 spiro atoms. The zero-order chi connectivity index (χ0) is 26.8. The highest BCUT2D eigenvalue weighted by Gasteiger charge is 2.25. The van der Waals surface area contributed by atoms with E-state index >= 15 is 0 Å². The average Bonchev–Trinajstić information content (AvgIpc) is 3.33. The maximum absolute atomic E-state index is 13.9. The highest BCUT2D eigenvalue weighted by molar-refractivity contribution is 7.15. The van der Waals surface area contributed by atoms with Crippen LogP contribution in [0.15, 0.2) is 78.2 Å². The average molecular weight is 545 g/mol. The van der Waals surface area contributed by atoms with E-state index in [0.29, 0.717) is 48.9 Å². The number of rotatable bonds is 6. The van der Waals surface area contributed by atoms with Crippen molar-refractivity contribution in [2.75, 3.05) is 11.9 Å². The molecule has 2 heterocycles. The van der Waals surface area contributed by atoms with Crippen molar-refractivity contribution in [2.24, 2.45) is 0 Å². The van der Waals surface area contributed by atoms with Crippen LogP contribution in [0.25, 0.3) is 33.3 Å². The molecule has 0 fully saturated rings. The second kappa shape index (κ2) is 10.7. The molecule has 3 aromatic carbocycles. The molecule has 0 radical (unpaired) electrons. The zero-order valence-corrected chi connectivity index (χ0v) is 22.1. The summed E-state index contributed by atoms with van der Waals surface area (Å²) in [6, 6.07) is 20.5. The fraction of sp³-hybridized carbons (Fsp3) is 0.100. The van der Waals surface area contributed by atoms with Gasteiger partial charge in [0.25, 0.3) is 5.91 Å². The van der Waals surface area contributed by atoms with Crippen molar-refractivity contribution in [3.05, 3.63) is 106 Å². The van der Waals surface area contributed by atoms with Gasteiger partial charge in [0.15, 0.2) is 0 Å². The van der Waals surface area contributed by atoms with Crippen LogP contribution in [0.1, 0.15) is 33.2 Å². The fourth-order valence-electron chi connectivity index (χ4n) is 4.35. The minimum Gasteiger partial charge on any atom is -0.462 e. The number of para-hydroxylation sites is 1. The van der Waals surface area contributed by atoms with Gasteiger partial charge in [-0.2, -0.15) is 0 Å². The number of thiophene rings is 1. The number of nitrogens with one attached hydrogen (secondary N) is 1. The van der Waals surface area contributed by atoms with Crippen molar-refractivity contribution in [1.82, 2.24) is 4.98 Å². The number of amides is 1. The summed E-state index contributed by atoms with van der Waals surface area (Å²) in [5.41, 5.74) is 4.72. The van der Waals surface area contributed by atoms with E-state index in [1.807, 2.05) is 43.3 Å². The molecule has 1 N–H and O–H groups in total. The van der Waals surface area contributed by atoms with Crippen LogP contribution in [0, 0.1) is 12.7 Å². The first-order valence-corrected chi connectivity index (χ1v) is 13.1.